The highest BCUT2D eigenvalue weighted by Crippen LogP contribution is 2.30. The van der Waals surface area contributed by atoms with Crippen LogP contribution in [0.3, 0.4) is 0 Å². The molecular weight excluding hydrogens is 321 g/mol. The van der Waals surface area contributed by atoms with Gasteiger partial charge in [0.05, 0.1) is 6.54 Å². The predicted octanol–water partition coefficient (Wildman–Crippen LogP) is 2.87. The zero-order chi connectivity index (χ0) is 12.6. The van der Waals surface area contributed by atoms with Gasteiger partial charge in [0, 0.05) is 5.38 Å². The van der Waals surface area contributed by atoms with Crippen molar-refractivity contribution in [2.24, 2.45) is 0 Å². The van der Waals surface area contributed by atoms with Crippen LogP contribution in [-0.2, 0) is 12.7 Å². The fraction of sp³-hybridized carbons (Fsp3) is 0.375. The van der Waals surface area contributed by atoms with E-state index in [0.29, 0.717) is 15.6 Å². The second-order valence-corrected chi connectivity index (χ2v) is 4.86. The maximum atomic E-state index is 12.3. The summed E-state index contributed by atoms with van der Waals surface area (Å²) in [5.74, 6) is 0.612. The van der Waals surface area contributed by atoms with Gasteiger partial charge in [-0.15, -0.1) is 16.4 Å². The van der Waals surface area contributed by atoms with Gasteiger partial charge < -0.3 is 0 Å². The molecule has 2 rings (SSSR count). The quantitative estimate of drug-likeness (QED) is 0.852. The SMILES string of the molecule is Cc1nc(Br)nn1Cc1nc(C(F)(F)F)cs1. The topological polar surface area (TPSA) is 43.6 Å². The zero-order valence-electron chi connectivity index (χ0n) is 8.49. The van der Waals surface area contributed by atoms with E-state index in [4.69, 9.17) is 0 Å². The molecule has 0 N–H and O–H groups in total. The van der Waals surface area contributed by atoms with Crippen molar-refractivity contribution in [2.75, 3.05) is 0 Å². The molecule has 0 aliphatic rings. The fourth-order valence-electron chi connectivity index (χ4n) is 1.18. The van der Waals surface area contributed by atoms with Crippen molar-refractivity contribution < 1.29 is 13.2 Å². The van der Waals surface area contributed by atoms with Gasteiger partial charge in [-0.2, -0.15) is 13.2 Å². The summed E-state index contributed by atoms with van der Waals surface area (Å²) >= 11 is 4.05. The van der Waals surface area contributed by atoms with Gasteiger partial charge in [0.1, 0.15) is 10.8 Å². The lowest BCUT2D eigenvalue weighted by Crippen LogP contribution is -2.07. The zero-order valence-corrected chi connectivity index (χ0v) is 10.9. The molecule has 0 fully saturated rings. The monoisotopic (exact) mass is 326 g/mol. The first-order valence-corrected chi connectivity index (χ1v) is 6.12. The molecule has 0 amide bonds. The van der Waals surface area contributed by atoms with Crippen molar-refractivity contribution in [3.05, 3.63) is 26.6 Å². The Morgan fingerprint density at radius 2 is 2.12 bits per heavy atom. The summed E-state index contributed by atoms with van der Waals surface area (Å²) < 4.78 is 38.9. The van der Waals surface area contributed by atoms with Crippen LogP contribution >= 0.6 is 27.3 Å². The summed E-state index contributed by atoms with van der Waals surface area (Å²) in [5.41, 5.74) is -0.866. The standard InChI is InChI=1S/C8H6BrF3N4S/c1-4-13-7(9)15-16(4)2-6-14-5(3-17-6)8(10,11)12/h3H,2H2,1H3. The Balaban J connectivity index is 2.20. The van der Waals surface area contributed by atoms with E-state index < -0.39 is 11.9 Å². The second-order valence-electron chi connectivity index (χ2n) is 3.21. The number of aromatic nitrogens is 4. The summed E-state index contributed by atoms with van der Waals surface area (Å²) in [4.78, 5) is 7.50. The molecule has 0 unspecified atom stereocenters. The van der Waals surface area contributed by atoms with Gasteiger partial charge in [-0.1, -0.05) is 0 Å². The lowest BCUT2D eigenvalue weighted by Gasteiger charge is -2.01. The van der Waals surface area contributed by atoms with Crippen LogP contribution < -0.4 is 0 Å². The molecule has 0 spiro atoms. The predicted molar refractivity (Wildman–Crippen MR) is 58.7 cm³/mol. The summed E-state index contributed by atoms with van der Waals surface area (Å²) in [6.45, 7) is 1.90. The summed E-state index contributed by atoms with van der Waals surface area (Å²) in [6.07, 6.45) is -4.40. The molecular formula is C8H6BrF3N4S. The van der Waals surface area contributed by atoms with Crippen LogP contribution in [0.25, 0.3) is 0 Å². The molecule has 4 nitrogen and oxygen atoms in total. The van der Waals surface area contributed by atoms with E-state index in [1.54, 1.807) is 6.92 Å². The summed E-state index contributed by atoms with van der Waals surface area (Å²) in [7, 11) is 0. The van der Waals surface area contributed by atoms with Gasteiger partial charge >= 0.3 is 6.18 Å². The average Bonchev–Trinajstić information content (AvgIpc) is 2.74. The molecule has 0 aliphatic heterocycles. The molecule has 0 bridgehead atoms. The Morgan fingerprint density at radius 3 is 2.59 bits per heavy atom. The van der Waals surface area contributed by atoms with Crippen molar-refractivity contribution in [3.63, 3.8) is 0 Å². The van der Waals surface area contributed by atoms with Crippen molar-refractivity contribution >= 4 is 27.3 Å². The minimum atomic E-state index is -4.40. The smallest absolute Gasteiger partial charge is 0.242 e. The molecule has 0 atom stereocenters. The molecule has 0 radical (unpaired) electrons. The Hall–Kier alpha value is -0.960. The number of hydrogen-bond acceptors (Lipinski definition) is 4. The van der Waals surface area contributed by atoms with E-state index in [0.717, 1.165) is 16.7 Å². The molecule has 0 aromatic carbocycles. The summed E-state index contributed by atoms with van der Waals surface area (Å²) in [5, 5.41) is 5.33. The van der Waals surface area contributed by atoms with Crippen LogP contribution in [-0.4, -0.2) is 19.7 Å². The van der Waals surface area contributed by atoms with Crippen molar-refractivity contribution in [2.45, 2.75) is 19.6 Å². The first-order chi connectivity index (χ1) is 7.86. The number of alkyl halides is 3. The van der Waals surface area contributed by atoms with E-state index in [1.807, 2.05) is 0 Å². The van der Waals surface area contributed by atoms with Gasteiger partial charge in [-0.3, -0.25) is 0 Å². The van der Waals surface area contributed by atoms with Gasteiger partial charge in [0.15, 0.2) is 5.69 Å². The molecule has 0 saturated heterocycles. The largest absolute Gasteiger partial charge is 0.434 e. The van der Waals surface area contributed by atoms with Crippen LogP contribution in [0.4, 0.5) is 13.2 Å². The maximum Gasteiger partial charge on any atom is 0.434 e. The lowest BCUT2D eigenvalue weighted by molar-refractivity contribution is -0.140. The van der Waals surface area contributed by atoms with Gasteiger partial charge in [-0.25, -0.2) is 14.6 Å². The number of nitrogens with zero attached hydrogens (tertiary/aromatic N) is 4. The number of halogens is 4. The van der Waals surface area contributed by atoms with E-state index >= 15 is 0 Å². The maximum absolute atomic E-state index is 12.3. The van der Waals surface area contributed by atoms with E-state index in [9.17, 15) is 13.2 Å². The molecule has 9 heteroatoms. The number of rotatable bonds is 2. The van der Waals surface area contributed by atoms with E-state index in [2.05, 4.69) is 31.0 Å². The first kappa shape index (κ1) is 12.5. The molecule has 2 heterocycles. The van der Waals surface area contributed by atoms with Crippen LogP contribution in [0.1, 0.15) is 16.5 Å². The highest BCUT2D eigenvalue weighted by Gasteiger charge is 2.33. The van der Waals surface area contributed by atoms with Crippen LogP contribution in [0.5, 0.6) is 0 Å². The van der Waals surface area contributed by atoms with Gasteiger partial charge in [-0.05, 0) is 22.9 Å². The third-order valence-corrected chi connectivity index (χ3v) is 3.13. The van der Waals surface area contributed by atoms with Gasteiger partial charge in [0.2, 0.25) is 4.73 Å². The molecule has 0 saturated carbocycles. The number of aryl methyl sites for hydroxylation is 1. The highest BCUT2D eigenvalue weighted by molar-refractivity contribution is 9.10. The number of hydrogen-bond donors (Lipinski definition) is 0. The Labute approximate surface area is 107 Å². The average molecular weight is 327 g/mol. The highest BCUT2D eigenvalue weighted by atomic mass is 79.9. The Morgan fingerprint density at radius 1 is 1.41 bits per heavy atom. The molecule has 0 aliphatic carbocycles. The molecule has 92 valence electrons. The number of thiazole rings is 1. The second kappa shape index (κ2) is 4.37. The lowest BCUT2D eigenvalue weighted by atomic mass is 10.5. The van der Waals surface area contributed by atoms with Crippen molar-refractivity contribution in [1.82, 2.24) is 19.7 Å². The summed E-state index contributed by atoms with van der Waals surface area (Å²) in [6, 6.07) is 0. The van der Waals surface area contributed by atoms with E-state index in [1.165, 1.54) is 4.68 Å². The van der Waals surface area contributed by atoms with Crippen molar-refractivity contribution in [1.29, 1.82) is 0 Å². The van der Waals surface area contributed by atoms with Crippen LogP contribution in [0, 0.1) is 6.92 Å². The third kappa shape index (κ3) is 2.83. The van der Waals surface area contributed by atoms with Crippen molar-refractivity contribution in [3.8, 4) is 0 Å². The van der Waals surface area contributed by atoms with Crippen LogP contribution in [0.15, 0.2) is 10.1 Å². The Kier molecular flexibility index (Phi) is 3.21. The molecule has 2 aromatic heterocycles. The minimum absolute atomic E-state index is 0.186. The fourth-order valence-corrected chi connectivity index (χ4v) is 2.41. The first-order valence-electron chi connectivity index (χ1n) is 4.45. The molecule has 17 heavy (non-hydrogen) atoms. The third-order valence-electron chi connectivity index (χ3n) is 1.96. The van der Waals surface area contributed by atoms with Crippen LogP contribution in [0.2, 0.25) is 0 Å². The minimum Gasteiger partial charge on any atom is -0.242 e. The normalized spacial score (nSPS) is 12.1. The van der Waals surface area contributed by atoms with Gasteiger partial charge in [0.25, 0.3) is 0 Å². The molecule has 2 aromatic rings. The Bertz CT molecular complexity index is 533. The van der Waals surface area contributed by atoms with E-state index in [-0.39, 0.29) is 6.54 Å².